The lowest BCUT2D eigenvalue weighted by Gasteiger charge is -2.15. The van der Waals surface area contributed by atoms with Crippen LogP contribution in [0.4, 0.5) is 0 Å². The van der Waals surface area contributed by atoms with Crippen molar-refractivity contribution in [1.82, 2.24) is 0 Å². The van der Waals surface area contributed by atoms with Crippen LogP contribution in [0.1, 0.15) is 58.8 Å². The minimum atomic E-state index is -0.304. The van der Waals surface area contributed by atoms with Crippen molar-refractivity contribution in [2.45, 2.75) is 64.9 Å². The Morgan fingerprint density at radius 1 is 1.07 bits per heavy atom. The number of hydrogen-bond donors (Lipinski definition) is 2. The predicted molar refractivity (Wildman–Crippen MR) is 60.2 cm³/mol. The highest BCUT2D eigenvalue weighted by Crippen LogP contribution is 2.16. The highest BCUT2D eigenvalue weighted by atomic mass is 16.3. The summed E-state index contributed by atoms with van der Waals surface area (Å²) in [5, 5.41) is 18.1. The van der Waals surface area contributed by atoms with Crippen molar-refractivity contribution in [2.24, 2.45) is 5.92 Å². The van der Waals surface area contributed by atoms with Crippen LogP contribution >= 0.6 is 0 Å². The third-order valence-electron chi connectivity index (χ3n) is 2.69. The van der Waals surface area contributed by atoms with Crippen LogP contribution in [0.15, 0.2) is 0 Å². The van der Waals surface area contributed by atoms with Crippen molar-refractivity contribution in [1.29, 1.82) is 0 Å². The van der Waals surface area contributed by atoms with Crippen LogP contribution in [0.3, 0.4) is 0 Å². The summed E-state index contributed by atoms with van der Waals surface area (Å²) in [6.07, 6.45) is 7.47. The summed E-state index contributed by atoms with van der Waals surface area (Å²) in [6, 6.07) is 0. The van der Waals surface area contributed by atoms with E-state index in [0.29, 0.717) is 12.3 Å². The molecule has 86 valence electrons. The Bertz CT molecular complexity index is 115. The summed E-state index contributed by atoms with van der Waals surface area (Å²) in [6.45, 7) is 4.50. The fourth-order valence-electron chi connectivity index (χ4n) is 1.77. The fraction of sp³-hybridized carbons (Fsp3) is 1.00. The molecule has 2 atom stereocenters. The second-order valence-electron chi connectivity index (χ2n) is 4.36. The molecule has 0 heterocycles. The third-order valence-corrected chi connectivity index (χ3v) is 2.69. The van der Waals surface area contributed by atoms with E-state index in [0.717, 1.165) is 6.42 Å². The van der Waals surface area contributed by atoms with Gasteiger partial charge in [0.15, 0.2) is 0 Å². The van der Waals surface area contributed by atoms with Crippen molar-refractivity contribution in [3.63, 3.8) is 0 Å². The molecule has 0 aliphatic rings. The standard InChI is InChI=1S/C12H26O2/c1-3-4-5-6-7-11(2)10-12(14)8-9-13/h11-14H,3-10H2,1-2H3/t11-,12+/m0/s1. The van der Waals surface area contributed by atoms with Crippen molar-refractivity contribution in [2.75, 3.05) is 6.61 Å². The summed E-state index contributed by atoms with van der Waals surface area (Å²) in [5.74, 6) is 0.591. The molecule has 2 heteroatoms. The first-order valence-electron chi connectivity index (χ1n) is 5.99. The molecule has 0 unspecified atom stereocenters. The molecule has 0 aliphatic carbocycles. The molecule has 0 aromatic heterocycles. The van der Waals surface area contributed by atoms with Gasteiger partial charge < -0.3 is 10.2 Å². The van der Waals surface area contributed by atoms with Gasteiger partial charge in [0.25, 0.3) is 0 Å². The molecule has 0 saturated heterocycles. The number of aliphatic hydroxyl groups excluding tert-OH is 2. The van der Waals surface area contributed by atoms with E-state index in [1.165, 1.54) is 32.1 Å². The van der Waals surface area contributed by atoms with Crippen LogP contribution in [-0.2, 0) is 0 Å². The molecule has 0 bridgehead atoms. The zero-order valence-corrected chi connectivity index (χ0v) is 9.71. The second kappa shape index (κ2) is 9.47. The summed E-state index contributed by atoms with van der Waals surface area (Å²) in [5.41, 5.74) is 0. The molecule has 0 aromatic rings. The van der Waals surface area contributed by atoms with Gasteiger partial charge in [-0.05, 0) is 18.8 Å². The fourth-order valence-corrected chi connectivity index (χ4v) is 1.77. The Labute approximate surface area is 88.3 Å². The molecule has 0 aromatic carbocycles. The van der Waals surface area contributed by atoms with Gasteiger partial charge >= 0.3 is 0 Å². The molecule has 0 spiro atoms. The van der Waals surface area contributed by atoms with Gasteiger partial charge in [-0.15, -0.1) is 0 Å². The van der Waals surface area contributed by atoms with E-state index in [1.54, 1.807) is 0 Å². The van der Waals surface area contributed by atoms with Crippen LogP contribution < -0.4 is 0 Å². The molecule has 2 N–H and O–H groups in total. The minimum Gasteiger partial charge on any atom is -0.396 e. The lowest BCUT2D eigenvalue weighted by Crippen LogP contribution is -2.13. The van der Waals surface area contributed by atoms with Gasteiger partial charge in [0, 0.05) is 6.61 Å². The van der Waals surface area contributed by atoms with Gasteiger partial charge in [-0.25, -0.2) is 0 Å². The Morgan fingerprint density at radius 2 is 1.79 bits per heavy atom. The number of hydrogen-bond acceptors (Lipinski definition) is 2. The van der Waals surface area contributed by atoms with Crippen molar-refractivity contribution in [3.05, 3.63) is 0 Å². The predicted octanol–water partition coefficient (Wildman–Crippen LogP) is 2.73. The Kier molecular flexibility index (Phi) is 9.42. The highest BCUT2D eigenvalue weighted by Gasteiger charge is 2.09. The molecule has 0 saturated carbocycles. The van der Waals surface area contributed by atoms with Gasteiger partial charge in [-0.2, -0.15) is 0 Å². The van der Waals surface area contributed by atoms with E-state index in [2.05, 4.69) is 13.8 Å². The number of aliphatic hydroxyl groups is 2. The largest absolute Gasteiger partial charge is 0.396 e. The smallest absolute Gasteiger partial charge is 0.0564 e. The third kappa shape index (κ3) is 8.52. The van der Waals surface area contributed by atoms with Crippen LogP contribution in [-0.4, -0.2) is 22.9 Å². The van der Waals surface area contributed by atoms with Crippen LogP contribution in [0.2, 0.25) is 0 Å². The summed E-state index contributed by atoms with van der Waals surface area (Å²) in [4.78, 5) is 0. The minimum absolute atomic E-state index is 0.101. The molecule has 0 amide bonds. The van der Waals surface area contributed by atoms with E-state index < -0.39 is 0 Å². The van der Waals surface area contributed by atoms with Gasteiger partial charge in [0.2, 0.25) is 0 Å². The summed E-state index contributed by atoms with van der Waals surface area (Å²) < 4.78 is 0. The molecule has 0 radical (unpaired) electrons. The lowest BCUT2D eigenvalue weighted by atomic mass is 9.96. The molecule has 0 rings (SSSR count). The van der Waals surface area contributed by atoms with Gasteiger partial charge in [0.05, 0.1) is 6.10 Å². The maximum Gasteiger partial charge on any atom is 0.0564 e. The maximum absolute atomic E-state index is 9.46. The average Bonchev–Trinajstić information content (AvgIpc) is 2.13. The first-order chi connectivity index (χ1) is 6.70. The number of unbranched alkanes of at least 4 members (excludes halogenated alkanes) is 3. The first-order valence-corrected chi connectivity index (χ1v) is 5.99. The maximum atomic E-state index is 9.46. The quantitative estimate of drug-likeness (QED) is 0.564. The molecular weight excluding hydrogens is 176 g/mol. The van der Waals surface area contributed by atoms with Crippen molar-refractivity contribution >= 4 is 0 Å². The van der Waals surface area contributed by atoms with Gasteiger partial charge in [-0.3, -0.25) is 0 Å². The van der Waals surface area contributed by atoms with E-state index in [9.17, 15) is 5.11 Å². The SMILES string of the molecule is CCCCCC[C@H](C)C[C@H](O)CCO. The molecule has 2 nitrogen and oxygen atoms in total. The van der Waals surface area contributed by atoms with Gasteiger partial charge in [-0.1, -0.05) is 46.0 Å². The normalized spacial score (nSPS) is 15.4. The molecular formula is C12H26O2. The summed E-state index contributed by atoms with van der Waals surface area (Å²) in [7, 11) is 0. The van der Waals surface area contributed by atoms with E-state index in [-0.39, 0.29) is 12.7 Å². The van der Waals surface area contributed by atoms with Crippen molar-refractivity contribution in [3.8, 4) is 0 Å². The zero-order valence-electron chi connectivity index (χ0n) is 9.71. The number of rotatable bonds is 9. The van der Waals surface area contributed by atoms with E-state index in [1.807, 2.05) is 0 Å². The van der Waals surface area contributed by atoms with Crippen molar-refractivity contribution < 1.29 is 10.2 Å². The average molecular weight is 202 g/mol. The van der Waals surface area contributed by atoms with E-state index in [4.69, 9.17) is 5.11 Å². The Balaban J connectivity index is 3.30. The highest BCUT2D eigenvalue weighted by molar-refractivity contribution is 4.61. The van der Waals surface area contributed by atoms with Crippen LogP contribution in [0.25, 0.3) is 0 Å². The molecule has 14 heavy (non-hydrogen) atoms. The molecule has 0 aliphatic heterocycles. The Morgan fingerprint density at radius 3 is 2.36 bits per heavy atom. The van der Waals surface area contributed by atoms with E-state index >= 15 is 0 Å². The zero-order chi connectivity index (χ0) is 10.8. The van der Waals surface area contributed by atoms with Crippen LogP contribution in [0, 0.1) is 5.92 Å². The molecule has 0 fully saturated rings. The lowest BCUT2D eigenvalue weighted by molar-refractivity contribution is 0.109. The summed E-state index contributed by atoms with van der Waals surface area (Å²) >= 11 is 0. The first kappa shape index (κ1) is 13.9. The van der Waals surface area contributed by atoms with Gasteiger partial charge in [0.1, 0.15) is 0 Å². The van der Waals surface area contributed by atoms with Crippen LogP contribution in [0.5, 0.6) is 0 Å². The topological polar surface area (TPSA) is 40.5 Å². The monoisotopic (exact) mass is 202 g/mol. The second-order valence-corrected chi connectivity index (χ2v) is 4.36. The Hall–Kier alpha value is -0.0800.